The highest BCUT2D eigenvalue weighted by atomic mass is 16.2. The molecule has 198 valence electrons. The van der Waals surface area contributed by atoms with E-state index in [9.17, 15) is 9.59 Å². The molecule has 1 aliphatic heterocycles. The van der Waals surface area contributed by atoms with Crippen molar-refractivity contribution in [2.24, 2.45) is 0 Å². The number of carbonyl (C=O) groups excluding carboxylic acids is 2. The maximum atomic E-state index is 14.1. The predicted octanol–water partition coefficient (Wildman–Crippen LogP) is 8.31. The van der Waals surface area contributed by atoms with E-state index < -0.39 is 0 Å². The van der Waals surface area contributed by atoms with E-state index in [-0.39, 0.29) is 11.8 Å². The molecule has 0 atom stereocenters. The number of para-hydroxylation sites is 1. The normalized spacial score (nSPS) is 12.8. The minimum atomic E-state index is -0.325. The van der Waals surface area contributed by atoms with Crippen molar-refractivity contribution in [3.63, 3.8) is 0 Å². The Kier molecular flexibility index (Phi) is 5.37. The van der Waals surface area contributed by atoms with E-state index in [4.69, 9.17) is 0 Å². The lowest BCUT2D eigenvalue weighted by Gasteiger charge is -2.15. The zero-order chi connectivity index (χ0) is 28.2. The zero-order valence-corrected chi connectivity index (χ0v) is 22.4. The summed E-state index contributed by atoms with van der Waals surface area (Å²) in [6, 6.07) is 41.5. The van der Waals surface area contributed by atoms with Crippen molar-refractivity contribution >= 4 is 39.3 Å². The van der Waals surface area contributed by atoms with Crippen molar-refractivity contribution < 1.29 is 9.59 Å². The van der Waals surface area contributed by atoms with Crippen molar-refractivity contribution in [2.45, 2.75) is 0 Å². The van der Waals surface area contributed by atoms with Crippen LogP contribution in [-0.4, -0.2) is 21.4 Å². The van der Waals surface area contributed by atoms with Crippen LogP contribution in [0, 0.1) is 0 Å². The van der Waals surface area contributed by atoms with Gasteiger partial charge in [0, 0.05) is 23.2 Å². The number of anilines is 1. The maximum Gasteiger partial charge on any atom is 0.268 e. The first-order valence-corrected chi connectivity index (χ1v) is 13.8. The van der Waals surface area contributed by atoms with Crippen LogP contribution in [0.1, 0.15) is 20.7 Å². The van der Waals surface area contributed by atoms with Gasteiger partial charge in [-0.25, -0.2) is 4.90 Å². The predicted molar refractivity (Wildman–Crippen MR) is 167 cm³/mol. The number of nitrogens with zero attached hydrogens (tertiary/aromatic N) is 3. The van der Waals surface area contributed by atoms with Gasteiger partial charge in [0.15, 0.2) is 0 Å². The molecule has 5 nitrogen and oxygen atoms in total. The molecule has 3 heterocycles. The van der Waals surface area contributed by atoms with Crippen LogP contribution in [0.25, 0.3) is 49.7 Å². The van der Waals surface area contributed by atoms with E-state index in [1.54, 1.807) is 18.5 Å². The molecule has 5 heteroatoms. The minimum absolute atomic E-state index is 0.317. The molecule has 0 bridgehead atoms. The Hall–Kier alpha value is -5.81. The molecule has 0 spiro atoms. The molecule has 0 aliphatic carbocycles. The molecular weight excluding hydrogens is 518 g/mol. The fraction of sp³-hybridized carbons (Fsp3) is 0. The molecule has 0 unspecified atom stereocenters. The number of pyridine rings is 1. The molecule has 2 aromatic heterocycles. The van der Waals surface area contributed by atoms with Gasteiger partial charge < -0.3 is 4.57 Å². The number of rotatable bonds is 4. The highest BCUT2D eigenvalue weighted by molar-refractivity contribution is 6.36. The van der Waals surface area contributed by atoms with E-state index in [1.807, 2.05) is 97.1 Å². The average molecular weight is 542 g/mol. The molecule has 5 aromatic carbocycles. The van der Waals surface area contributed by atoms with Gasteiger partial charge in [0.25, 0.3) is 11.8 Å². The Labute approximate surface area is 241 Å². The first-order chi connectivity index (χ1) is 20.7. The van der Waals surface area contributed by atoms with Crippen LogP contribution in [0.15, 0.2) is 140 Å². The summed E-state index contributed by atoms with van der Waals surface area (Å²) in [4.78, 5) is 33.3. The van der Waals surface area contributed by atoms with E-state index >= 15 is 0 Å². The van der Waals surface area contributed by atoms with Crippen LogP contribution in [0.5, 0.6) is 0 Å². The lowest BCUT2D eigenvalue weighted by molar-refractivity contribution is 0.0926. The molecule has 0 radical (unpaired) electrons. The lowest BCUT2D eigenvalue weighted by Crippen LogP contribution is -2.29. The van der Waals surface area contributed by atoms with E-state index in [0.29, 0.717) is 22.5 Å². The standard InChI is InChI=1S/C37H23N3O2/c41-36-30-12-7-15-33(35(30)37(42)39(36)27-18-16-25(17-19-27)24-8-2-1-3-9-24)40-31-13-5-4-10-29(31)34-28(11-6-14-32(34)40)26-20-22-38-23-21-26/h1-23H. The molecular formula is C37H23N3O2. The van der Waals surface area contributed by atoms with Gasteiger partial charge >= 0.3 is 0 Å². The van der Waals surface area contributed by atoms with Crippen molar-refractivity contribution in [2.75, 3.05) is 4.90 Å². The second-order valence-electron chi connectivity index (χ2n) is 10.3. The van der Waals surface area contributed by atoms with Gasteiger partial charge in [-0.05, 0) is 70.8 Å². The molecule has 0 fully saturated rings. The molecule has 7 aromatic rings. The summed E-state index contributed by atoms with van der Waals surface area (Å²) >= 11 is 0. The Balaban J connectivity index is 1.30. The highest BCUT2D eigenvalue weighted by Crippen LogP contribution is 2.41. The topological polar surface area (TPSA) is 55.2 Å². The summed E-state index contributed by atoms with van der Waals surface area (Å²) in [5.41, 5.74) is 8.22. The number of amides is 2. The molecule has 0 saturated heterocycles. The van der Waals surface area contributed by atoms with Gasteiger partial charge in [0.1, 0.15) is 0 Å². The van der Waals surface area contributed by atoms with Crippen LogP contribution >= 0.6 is 0 Å². The zero-order valence-electron chi connectivity index (χ0n) is 22.4. The summed E-state index contributed by atoms with van der Waals surface area (Å²) in [6.07, 6.45) is 3.59. The van der Waals surface area contributed by atoms with Crippen molar-refractivity contribution in [1.82, 2.24) is 9.55 Å². The lowest BCUT2D eigenvalue weighted by atomic mass is 10.0. The molecule has 1 aliphatic rings. The highest BCUT2D eigenvalue weighted by Gasteiger charge is 2.39. The van der Waals surface area contributed by atoms with Gasteiger partial charge in [-0.1, -0.05) is 78.9 Å². The summed E-state index contributed by atoms with van der Waals surface area (Å²) in [6.45, 7) is 0. The summed E-state index contributed by atoms with van der Waals surface area (Å²) < 4.78 is 2.11. The molecule has 8 rings (SSSR count). The van der Waals surface area contributed by atoms with E-state index in [1.165, 1.54) is 4.90 Å². The fourth-order valence-electron chi connectivity index (χ4n) is 6.17. The number of aromatic nitrogens is 2. The number of benzene rings is 5. The van der Waals surface area contributed by atoms with E-state index in [2.05, 4.69) is 33.8 Å². The maximum absolute atomic E-state index is 14.1. The molecule has 42 heavy (non-hydrogen) atoms. The minimum Gasteiger partial charge on any atom is -0.308 e. The summed E-state index contributed by atoms with van der Waals surface area (Å²) in [5, 5.41) is 2.16. The third-order valence-corrected chi connectivity index (χ3v) is 8.06. The fourth-order valence-corrected chi connectivity index (χ4v) is 6.17. The quantitative estimate of drug-likeness (QED) is 0.211. The Morgan fingerprint density at radius 1 is 0.500 bits per heavy atom. The largest absolute Gasteiger partial charge is 0.308 e. The van der Waals surface area contributed by atoms with Crippen LogP contribution in [-0.2, 0) is 0 Å². The van der Waals surface area contributed by atoms with Gasteiger partial charge in [-0.3, -0.25) is 14.6 Å². The monoisotopic (exact) mass is 541 g/mol. The summed E-state index contributed by atoms with van der Waals surface area (Å²) in [5.74, 6) is -0.642. The van der Waals surface area contributed by atoms with Crippen molar-refractivity contribution in [3.05, 3.63) is 151 Å². The number of fused-ring (bicyclic) bond motifs is 4. The third kappa shape index (κ3) is 3.54. The van der Waals surface area contributed by atoms with Crippen LogP contribution in [0.3, 0.4) is 0 Å². The Bertz CT molecular complexity index is 2170. The Morgan fingerprint density at radius 2 is 1.17 bits per heavy atom. The second kappa shape index (κ2) is 9.39. The van der Waals surface area contributed by atoms with Crippen LogP contribution in [0.2, 0.25) is 0 Å². The first kappa shape index (κ1) is 24.0. The average Bonchev–Trinajstić information content (AvgIpc) is 3.53. The first-order valence-electron chi connectivity index (χ1n) is 13.8. The Morgan fingerprint density at radius 3 is 1.98 bits per heavy atom. The van der Waals surface area contributed by atoms with E-state index in [0.717, 1.165) is 44.1 Å². The van der Waals surface area contributed by atoms with Crippen molar-refractivity contribution in [3.8, 4) is 27.9 Å². The SMILES string of the molecule is O=C1c2cccc(-n3c4ccccc4c4c(-c5ccncc5)cccc43)c2C(=O)N1c1ccc(-c2ccccc2)cc1. The van der Waals surface area contributed by atoms with Gasteiger partial charge in [0.05, 0.1) is 33.5 Å². The molecule has 0 N–H and O–H groups in total. The van der Waals surface area contributed by atoms with Gasteiger partial charge in [-0.2, -0.15) is 0 Å². The molecule has 2 amide bonds. The van der Waals surface area contributed by atoms with Crippen molar-refractivity contribution in [1.29, 1.82) is 0 Å². The molecule has 0 saturated carbocycles. The number of hydrogen-bond acceptors (Lipinski definition) is 3. The number of carbonyl (C=O) groups is 2. The third-order valence-electron chi connectivity index (χ3n) is 8.06. The number of imide groups is 1. The van der Waals surface area contributed by atoms with Gasteiger partial charge in [-0.15, -0.1) is 0 Å². The second-order valence-corrected chi connectivity index (χ2v) is 10.3. The smallest absolute Gasteiger partial charge is 0.268 e. The van der Waals surface area contributed by atoms with Crippen LogP contribution in [0.4, 0.5) is 5.69 Å². The van der Waals surface area contributed by atoms with Crippen LogP contribution < -0.4 is 4.90 Å². The summed E-state index contributed by atoms with van der Waals surface area (Å²) in [7, 11) is 0. The van der Waals surface area contributed by atoms with Gasteiger partial charge in [0.2, 0.25) is 0 Å². The number of hydrogen-bond donors (Lipinski definition) is 0.